The monoisotopic (exact) mass is 400 g/mol. The topological polar surface area (TPSA) is 101 Å². The highest BCUT2D eigenvalue weighted by Crippen LogP contribution is 2.24. The molecule has 7 nitrogen and oxygen atoms in total. The van der Waals surface area contributed by atoms with Gasteiger partial charge in [0.15, 0.2) is 5.13 Å². The van der Waals surface area contributed by atoms with Crippen molar-refractivity contribution in [3.05, 3.63) is 72.4 Å². The summed E-state index contributed by atoms with van der Waals surface area (Å²) in [5.41, 5.74) is 1.91. The standard InChI is InChI=1S/C18H16N4O3S2/c1-2-9-20-27(24,25)15-7-5-13(6-8-15)17(23)22-18-21-16(12-26-18)14-4-3-10-19-11-14/h2-8,10-12,20H,1,9H2,(H,21,22,23). The van der Waals surface area contributed by atoms with Gasteiger partial charge in [0.05, 0.1) is 10.6 Å². The van der Waals surface area contributed by atoms with Crippen molar-refractivity contribution in [3.63, 3.8) is 0 Å². The van der Waals surface area contributed by atoms with Gasteiger partial charge >= 0.3 is 0 Å². The normalized spacial score (nSPS) is 11.1. The maximum Gasteiger partial charge on any atom is 0.257 e. The molecule has 0 spiro atoms. The van der Waals surface area contributed by atoms with Crippen LogP contribution in [0.2, 0.25) is 0 Å². The van der Waals surface area contributed by atoms with Gasteiger partial charge in [0.2, 0.25) is 10.0 Å². The Balaban J connectivity index is 1.70. The summed E-state index contributed by atoms with van der Waals surface area (Å²) in [6, 6.07) is 9.35. The van der Waals surface area contributed by atoms with Gasteiger partial charge < -0.3 is 0 Å². The fraction of sp³-hybridized carbons (Fsp3) is 0.0556. The minimum absolute atomic E-state index is 0.0778. The molecule has 0 fully saturated rings. The van der Waals surface area contributed by atoms with Crippen LogP contribution < -0.4 is 10.0 Å². The molecule has 0 bridgehead atoms. The first-order valence-corrected chi connectivity index (χ1v) is 10.2. The average molecular weight is 400 g/mol. The van der Waals surface area contributed by atoms with E-state index in [-0.39, 0.29) is 17.3 Å². The zero-order valence-electron chi connectivity index (χ0n) is 14.1. The number of aromatic nitrogens is 2. The van der Waals surface area contributed by atoms with Crippen LogP contribution in [0.5, 0.6) is 0 Å². The Morgan fingerprint density at radius 2 is 2.00 bits per heavy atom. The third-order valence-corrected chi connectivity index (χ3v) is 5.72. The van der Waals surface area contributed by atoms with Crippen molar-refractivity contribution in [1.29, 1.82) is 0 Å². The van der Waals surface area contributed by atoms with Gasteiger partial charge in [0.25, 0.3) is 5.91 Å². The van der Waals surface area contributed by atoms with Crippen LogP contribution in [0.15, 0.2) is 71.7 Å². The Kier molecular flexibility index (Phi) is 5.75. The largest absolute Gasteiger partial charge is 0.298 e. The molecule has 0 saturated carbocycles. The molecule has 9 heteroatoms. The molecule has 0 aliphatic carbocycles. The number of nitrogens with zero attached hydrogens (tertiary/aromatic N) is 2. The van der Waals surface area contributed by atoms with E-state index in [2.05, 4.69) is 26.6 Å². The van der Waals surface area contributed by atoms with Gasteiger partial charge in [-0.3, -0.25) is 15.1 Å². The van der Waals surface area contributed by atoms with Crippen molar-refractivity contribution < 1.29 is 13.2 Å². The first-order chi connectivity index (χ1) is 13.0. The van der Waals surface area contributed by atoms with Gasteiger partial charge in [0, 0.05) is 35.4 Å². The van der Waals surface area contributed by atoms with Crippen molar-refractivity contribution in [2.24, 2.45) is 0 Å². The number of hydrogen-bond donors (Lipinski definition) is 2. The lowest BCUT2D eigenvalue weighted by Gasteiger charge is -2.06. The number of pyridine rings is 1. The fourth-order valence-electron chi connectivity index (χ4n) is 2.18. The van der Waals surface area contributed by atoms with Crippen molar-refractivity contribution in [3.8, 4) is 11.3 Å². The molecular weight excluding hydrogens is 384 g/mol. The van der Waals surface area contributed by atoms with E-state index in [4.69, 9.17) is 0 Å². The van der Waals surface area contributed by atoms with Crippen LogP contribution in [0.25, 0.3) is 11.3 Å². The Labute approximate surface area is 160 Å². The van der Waals surface area contributed by atoms with E-state index >= 15 is 0 Å². The molecule has 0 aliphatic rings. The molecule has 0 atom stereocenters. The molecule has 2 N–H and O–H groups in total. The molecule has 27 heavy (non-hydrogen) atoms. The van der Waals surface area contributed by atoms with Gasteiger partial charge in [-0.05, 0) is 36.4 Å². The predicted octanol–water partition coefficient (Wildman–Crippen LogP) is 2.92. The number of nitrogens with one attached hydrogen (secondary N) is 2. The molecular formula is C18H16N4O3S2. The van der Waals surface area contributed by atoms with Crippen molar-refractivity contribution in [1.82, 2.24) is 14.7 Å². The lowest BCUT2D eigenvalue weighted by molar-refractivity contribution is 0.102. The summed E-state index contributed by atoms with van der Waals surface area (Å²) in [5.74, 6) is -0.370. The summed E-state index contributed by atoms with van der Waals surface area (Å²) < 4.78 is 26.4. The van der Waals surface area contributed by atoms with Crippen molar-refractivity contribution >= 4 is 32.4 Å². The van der Waals surface area contributed by atoms with Crippen molar-refractivity contribution in [2.45, 2.75) is 4.90 Å². The van der Waals surface area contributed by atoms with Crippen molar-refractivity contribution in [2.75, 3.05) is 11.9 Å². The van der Waals surface area contributed by atoms with E-state index in [1.54, 1.807) is 12.4 Å². The number of carbonyl (C=O) groups excluding carboxylic acids is 1. The SMILES string of the molecule is C=CCNS(=O)(=O)c1ccc(C(=O)Nc2nc(-c3cccnc3)cs2)cc1. The maximum absolute atomic E-state index is 12.4. The number of anilines is 1. The van der Waals surface area contributed by atoms with Crippen LogP contribution in [0.4, 0.5) is 5.13 Å². The van der Waals surface area contributed by atoms with Crippen LogP contribution in [0.3, 0.4) is 0 Å². The van der Waals surface area contributed by atoms with Crippen LogP contribution >= 0.6 is 11.3 Å². The highest BCUT2D eigenvalue weighted by Gasteiger charge is 2.15. The fourth-order valence-corrected chi connectivity index (χ4v) is 3.90. The predicted molar refractivity (Wildman–Crippen MR) is 105 cm³/mol. The molecule has 0 unspecified atom stereocenters. The van der Waals surface area contributed by atoms with Crippen LogP contribution in [-0.4, -0.2) is 30.8 Å². The van der Waals surface area contributed by atoms with Gasteiger partial charge in [-0.2, -0.15) is 0 Å². The molecule has 3 aromatic rings. The zero-order chi connectivity index (χ0) is 19.3. The minimum Gasteiger partial charge on any atom is -0.298 e. The first kappa shape index (κ1) is 18.9. The third kappa shape index (κ3) is 4.64. The van der Waals surface area contributed by atoms with Crippen LogP contribution in [0, 0.1) is 0 Å². The number of thiazole rings is 1. The first-order valence-electron chi connectivity index (χ1n) is 7.87. The second kappa shape index (κ2) is 8.21. The van der Waals surface area contributed by atoms with Gasteiger partial charge in [-0.25, -0.2) is 18.1 Å². The van der Waals surface area contributed by atoms with E-state index in [1.807, 2.05) is 17.5 Å². The summed E-state index contributed by atoms with van der Waals surface area (Å²) in [4.78, 5) is 20.8. The van der Waals surface area contributed by atoms with Crippen LogP contribution in [-0.2, 0) is 10.0 Å². The number of hydrogen-bond acceptors (Lipinski definition) is 6. The van der Waals surface area contributed by atoms with Gasteiger partial charge in [-0.1, -0.05) is 6.08 Å². The minimum atomic E-state index is -3.62. The summed E-state index contributed by atoms with van der Waals surface area (Å²) in [6.45, 7) is 3.60. The second-order valence-corrected chi connectivity index (χ2v) is 8.02. The molecule has 3 rings (SSSR count). The Bertz CT molecular complexity index is 1050. The number of benzene rings is 1. The average Bonchev–Trinajstić information content (AvgIpc) is 3.16. The highest BCUT2D eigenvalue weighted by atomic mass is 32.2. The summed E-state index contributed by atoms with van der Waals surface area (Å²) >= 11 is 1.30. The zero-order valence-corrected chi connectivity index (χ0v) is 15.8. The maximum atomic E-state index is 12.4. The lowest BCUT2D eigenvalue weighted by atomic mass is 10.2. The van der Waals surface area contributed by atoms with E-state index in [0.29, 0.717) is 10.7 Å². The van der Waals surface area contributed by atoms with E-state index in [9.17, 15) is 13.2 Å². The molecule has 2 heterocycles. The van der Waals surface area contributed by atoms with E-state index < -0.39 is 10.0 Å². The molecule has 0 saturated heterocycles. The Morgan fingerprint density at radius 1 is 1.22 bits per heavy atom. The van der Waals surface area contributed by atoms with Crippen LogP contribution in [0.1, 0.15) is 10.4 Å². The molecule has 1 amide bonds. The summed E-state index contributed by atoms with van der Waals surface area (Å²) in [5, 5.41) is 4.98. The molecule has 0 aliphatic heterocycles. The number of amides is 1. The Morgan fingerprint density at radius 3 is 2.67 bits per heavy atom. The third-order valence-electron chi connectivity index (χ3n) is 3.53. The van der Waals surface area contributed by atoms with E-state index in [1.165, 1.54) is 41.7 Å². The summed E-state index contributed by atoms with van der Waals surface area (Å²) in [7, 11) is -3.62. The van der Waals surface area contributed by atoms with E-state index in [0.717, 1.165) is 11.3 Å². The molecule has 138 valence electrons. The molecule has 0 radical (unpaired) electrons. The molecule has 1 aromatic carbocycles. The number of carbonyl (C=O) groups is 1. The highest BCUT2D eigenvalue weighted by molar-refractivity contribution is 7.89. The Hall–Kier alpha value is -2.88. The second-order valence-electron chi connectivity index (χ2n) is 5.40. The smallest absolute Gasteiger partial charge is 0.257 e. The lowest BCUT2D eigenvalue weighted by Crippen LogP contribution is -2.23. The summed E-state index contributed by atoms with van der Waals surface area (Å²) in [6.07, 6.45) is 4.82. The quantitative estimate of drug-likeness (QED) is 0.594. The molecule has 2 aromatic heterocycles. The van der Waals surface area contributed by atoms with Gasteiger partial charge in [-0.15, -0.1) is 17.9 Å². The number of rotatable bonds is 7. The van der Waals surface area contributed by atoms with Gasteiger partial charge in [0.1, 0.15) is 0 Å². The number of sulfonamides is 1.